The molecule has 0 bridgehead atoms. The van der Waals surface area contributed by atoms with Crippen LogP contribution in [-0.4, -0.2) is 41.3 Å². The smallest absolute Gasteiger partial charge is 0.265 e. The summed E-state index contributed by atoms with van der Waals surface area (Å²) in [4.78, 5) is 2.36. The minimum atomic E-state index is -3.73. The number of hydrogen-bond acceptors (Lipinski definition) is 5. The lowest BCUT2D eigenvalue weighted by Crippen LogP contribution is -2.41. The van der Waals surface area contributed by atoms with Crippen molar-refractivity contribution in [2.24, 2.45) is 0 Å². The zero-order valence-corrected chi connectivity index (χ0v) is 16.0. The predicted molar refractivity (Wildman–Crippen MR) is 103 cm³/mol. The molecule has 1 unspecified atom stereocenters. The van der Waals surface area contributed by atoms with Crippen LogP contribution < -0.4 is 14.4 Å². The van der Waals surface area contributed by atoms with Gasteiger partial charge in [0.2, 0.25) is 0 Å². The van der Waals surface area contributed by atoms with Gasteiger partial charge in [-0.15, -0.1) is 0 Å². The minimum absolute atomic E-state index is 0.131. The maximum atomic E-state index is 12.7. The summed E-state index contributed by atoms with van der Waals surface area (Å²) in [7, 11) is -2.27. The Morgan fingerprint density at radius 2 is 1.92 bits per heavy atom. The molecule has 1 fully saturated rings. The fraction of sp³-hybridized carbons (Fsp3) is 0.368. The first-order valence-corrected chi connectivity index (χ1v) is 10.0. The van der Waals surface area contributed by atoms with E-state index < -0.39 is 10.0 Å². The number of benzene rings is 2. The van der Waals surface area contributed by atoms with E-state index in [1.165, 1.54) is 7.11 Å². The Labute approximate surface area is 154 Å². The van der Waals surface area contributed by atoms with Crippen molar-refractivity contribution >= 4 is 21.4 Å². The monoisotopic (exact) mass is 376 g/mol. The third kappa shape index (κ3) is 4.11. The molecule has 0 radical (unpaired) electrons. The van der Waals surface area contributed by atoms with Gasteiger partial charge in [-0.2, -0.15) is 0 Å². The first-order valence-electron chi connectivity index (χ1n) is 8.53. The van der Waals surface area contributed by atoms with Gasteiger partial charge in [0.05, 0.1) is 19.8 Å². The Kier molecular flexibility index (Phi) is 5.38. The number of ether oxygens (including phenoxy) is 2. The van der Waals surface area contributed by atoms with Crippen LogP contribution in [0.5, 0.6) is 5.75 Å². The molecule has 26 heavy (non-hydrogen) atoms. The second-order valence-electron chi connectivity index (χ2n) is 6.43. The molecule has 2 aromatic rings. The number of anilines is 2. The van der Waals surface area contributed by atoms with Gasteiger partial charge < -0.3 is 14.4 Å². The number of methoxy groups -OCH3 is 1. The summed E-state index contributed by atoms with van der Waals surface area (Å²) < 4.78 is 38.9. The van der Waals surface area contributed by atoms with Crippen molar-refractivity contribution in [1.29, 1.82) is 0 Å². The number of sulfonamides is 1. The predicted octanol–water partition coefficient (Wildman–Crippen LogP) is 3.03. The number of hydrogen-bond donors (Lipinski definition) is 1. The van der Waals surface area contributed by atoms with E-state index in [1.54, 1.807) is 24.3 Å². The van der Waals surface area contributed by atoms with Gasteiger partial charge in [-0.3, -0.25) is 4.72 Å². The Morgan fingerprint density at radius 1 is 1.19 bits per heavy atom. The van der Waals surface area contributed by atoms with E-state index in [1.807, 2.05) is 32.0 Å². The van der Waals surface area contributed by atoms with Gasteiger partial charge in [0.15, 0.2) is 0 Å². The molecule has 6 nitrogen and oxygen atoms in total. The molecule has 3 rings (SSSR count). The first-order chi connectivity index (χ1) is 12.4. The molecule has 1 aliphatic heterocycles. The van der Waals surface area contributed by atoms with Gasteiger partial charge in [-0.05, 0) is 55.8 Å². The standard InChI is InChI=1S/C19H24N2O4S/c1-14-4-9-18(24-3)19(12-14)26(22,23)20-16-5-7-17(8-6-16)21-10-11-25-15(2)13-21/h4-9,12,15,20H,10-11,13H2,1-3H3. The van der Waals surface area contributed by atoms with Crippen molar-refractivity contribution in [3.63, 3.8) is 0 Å². The lowest BCUT2D eigenvalue weighted by atomic mass is 10.2. The van der Waals surface area contributed by atoms with Crippen molar-refractivity contribution in [2.75, 3.05) is 36.4 Å². The summed E-state index contributed by atoms with van der Waals surface area (Å²) in [6.45, 7) is 6.24. The van der Waals surface area contributed by atoms with Crippen LogP contribution in [0, 0.1) is 6.92 Å². The van der Waals surface area contributed by atoms with E-state index in [2.05, 4.69) is 9.62 Å². The zero-order valence-electron chi connectivity index (χ0n) is 15.2. The molecule has 0 spiro atoms. The summed E-state index contributed by atoms with van der Waals surface area (Å²) in [5, 5.41) is 0. The molecule has 2 aromatic carbocycles. The minimum Gasteiger partial charge on any atom is -0.495 e. The molecule has 0 aliphatic carbocycles. The summed E-state index contributed by atoms with van der Waals surface area (Å²) >= 11 is 0. The molecule has 1 atom stereocenters. The van der Waals surface area contributed by atoms with Gasteiger partial charge >= 0.3 is 0 Å². The molecule has 140 valence electrons. The highest BCUT2D eigenvalue weighted by atomic mass is 32.2. The Hall–Kier alpha value is -2.25. The van der Waals surface area contributed by atoms with Gasteiger partial charge in [-0.1, -0.05) is 6.07 Å². The third-order valence-corrected chi connectivity index (χ3v) is 5.74. The summed E-state index contributed by atoms with van der Waals surface area (Å²) in [5.74, 6) is 0.321. The molecular weight excluding hydrogens is 352 g/mol. The maximum Gasteiger partial charge on any atom is 0.265 e. The van der Waals surface area contributed by atoms with Gasteiger partial charge in [0, 0.05) is 24.5 Å². The highest BCUT2D eigenvalue weighted by Crippen LogP contribution is 2.27. The Balaban J connectivity index is 1.79. The van der Waals surface area contributed by atoms with Crippen LogP contribution >= 0.6 is 0 Å². The molecule has 1 N–H and O–H groups in total. The lowest BCUT2D eigenvalue weighted by Gasteiger charge is -2.33. The second kappa shape index (κ2) is 7.55. The zero-order chi connectivity index (χ0) is 18.7. The van der Waals surface area contributed by atoms with E-state index >= 15 is 0 Å². The lowest BCUT2D eigenvalue weighted by molar-refractivity contribution is 0.0532. The molecular formula is C19H24N2O4S. The van der Waals surface area contributed by atoms with Crippen LogP contribution in [0.4, 0.5) is 11.4 Å². The van der Waals surface area contributed by atoms with Crippen molar-refractivity contribution < 1.29 is 17.9 Å². The fourth-order valence-corrected chi connectivity index (χ4v) is 4.31. The van der Waals surface area contributed by atoms with Crippen molar-refractivity contribution in [3.05, 3.63) is 48.0 Å². The van der Waals surface area contributed by atoms with E-state index in [9.17, 15) is 8.42 Å². The molecule has 0 aromatic heterocycles. The summed E-state index contributed by atoms with van der Waals surface area (Å²) in [6.07, 6.45) is 0.190. The van der Waals surface area contributed by atoms with E-state index in [0.717, 1.165) is 24.3 Å². The van der Waals surface area contributed by atoms with Crippen LogP contribution in [0.15, 0.2) is 47.4 Å². The van der Waals surface area contributed by atoms with Gasteiger partial charge in [-0.25, -0.2) is 8.42 Å². The Morgan fingerprint density at radius 3 is 2.58 bits per heavy atom. The van der Waals surface area contributed by atoms with Crippen LogP contribution in [0.2, 0.25) is 0 Å². The van der Waals surface area contributed by atoms with Crippen LogP contribution in [0.25, 0.3) is 0 Å². The summed E-state index contributed by atoms with van der Waals surface area (Å²) in [6, 6.07) is 12.5. The van der Waals surface area contributed by atoms with Crippen molar-refractivity contribution in [3.8, 4) is 5.75 Å². The molecule has 1 heterocycles. The van der Waals surface area contributed by atoms with Crippen LogP contribution in [0.3, 0.4) is 0 Å². The average molecular weight is 376 g/mol. The molecule has 7 heteroatoms. The van der Waals surface area contributed by atoms with Crippen LogP contribution in [-0.2, 0) is 14.8 Å². The summed E-state index contributed by atoms with van der Waals surface area (Å²) in [5.41, 5.74) is 2.41. The van der Waals surface area contributed by atoms with Crippen molar-refractivity contribution in [2.45, 2.75) is 24.8 Å². The molecule has 1 aliphatic rings. The normalized spacial score (nSPS) is 17.8. The van der Waals surface area contributed by atoms with E-state index in [-0.39, 0.29) is 11.0 Å². The third-order valence-electron chi connectivity index (χ3n) is 4.33. The van der Waals surface area contributed by atoms with E-state index in [4.69, 9.17) is 9.47 Å². The largest absolute Gasteiger partial charge is 0.495 e. The highest BCUT2D eigenvalue weighted by molar-refractivity contribution is 7.92. The first kappa shape index (κ1) is 18.5. The highest BCUT2D eigenvalue weighted by Gasteiger charge is 2.21. The van der Waals surface area contributed by atoms with Crippen molar-refractivity contribution in [1.82, 2.24) is 0 Å². The van der Waals surface area contributed by atoms with Gasteiger partial charge in [0.1, 0.15) is 10.6 Å². The number of morpholine rings is 1. The number of nitrogens with zero attached hydrogens (tertiary/aromatic N) is 1. The van der Waals surface area contributed by atoms with E-state index in [0.29, 0.717) is 18.0 Å². The Bertz CT molecular complexity index is 866. The maximum absolute atomic E-state index is 12.7. The SMILES string of the molecule is COc1ccc(C)cc1S(=O)(=O)Nc1ccc(N2CCOC(C)C2)cc1. The average Bonchev–Trinajstić information content (AvgIpc) is 2.62. The second-order valence-corrected chi connectivity index (χ2v) is 8.08. The number of nitrogens with one attached hydrogen (secondary N) is 1. The topological polar surface area (TPSA) is 67.9 Å². The van der Waals surface area contributed by atoms with Gasteiger partial charge in [0.25, 0.3) is 10.0 Å². The fourth-order valence-electron chi connectivity index (χ4n) is 3.00. The number of aryl methyl sites for hydroxylation is 1. The van der Waals surface area contributed by atoms with Crippen LogP contribution in [0.1, 0.15) is 12.5 Å². The molecule has 1 saturated heterocycles. The number of rotatable bonds is 5. The molecule has 0 amide bonds. The quantitative estimate of drug-likeness (QED) is 0.869. The molecule has 0 saturated carbocycles.